The molecule has 2 atom stereocenters. The zero-order valence-corrected chi connectivity index (χ0v) is 19.7. The molecule has 2 fully saturated rings. The van der Waals surface area contributed by atoms with Gasteiger partial charge in [-0.1, -0.05) is 49.9 Å². The van der Waals surface area contributed by atoms with Crippen molar-refractivity contribution in [2.75, 3.05) is 14.2 Å². The molecule has 0 aromatic heterocycles. The van der Waals surface area contributed by atoms with Crippen molar-refractivity contribution in [3.63, 3.8) is 0 Å². The van der Waals surface area contributed by atoms with Gasteiger partial charge in [0.25, 0.3) is 0 Å². The SMILES string of the molecule is COc1ccc([C@@H](CC(=O)C[C@H](c2ccc(OC)cc2)C2CCCC2)C2CCCC2)cc1. The van der Waals surface area contributed by atoms with Gasteiger partial charge in [0.1, 0.15) is 17.3 Å². The van der Waals surface area contributed by atoms with Crippen LogP contribution >= 0.6 is 0 Å². The number of ether oxygens (including phenoxy) is 2. The maximum Gasteiger partial charge on any atom is 0.134 e. The zero-order chi connectivity index (χ0) is 22.3. The first-order chi connectivity index (χ1) is 15.7. The van der Waals surface area contributed by atoms with Crippen LogP contribution in [0.5, 0.6) is 11.5 Å². The number of rotatable bonds is 10. The predicted octanol–water partition coefficient (Wildman–Crippen LogP) is 7.30. The number of carbonyl (C=O) groups excluding carboxylic acids is 1. The Morgan fingerprint density at radius 2 is 1.03 bits per heavy atom. The van der Waals surface area contributed by atoms with Crippen LogP contribution < -0.4 is 9.47 Å². The average Bonchev–Trinajstić information content (AvgIpc) is 3.56. The summed E-state index contributed by atoms with van der Waals surface area (Å²) in [6, 6.07) is 16.9. The van der Waals surface area contributed by atoms with Gasteiger partial charge in [-0.25, -0.2) is 0 Å². The molecule has 0 unspecified atom stereocenters. The lowest BCUT2D eigenvalue weighted by atomic mass is 9.77. The summed E-state index contributed by atoms with van der Waals surface area (Å²) in [6.45, 7) is 0. The molecule has 2 aliphatic rings. The fraction of sp³-hybridized carbons (Fsp3) is 0.552. The Morgan fingerprint density at radius 1 is 0.688 bits per heavy atom. The number of methoxy groups -OCH3 is 2. The number of Topliss-reactive ketones (excluding diaryl/α,β-unsaturated/α-hetero) is 1. The second-order valence-corrected chi connectivity index (χ2v) is 9.80. The lowest BCUT2D eigenvalue weighted by Gasteiger charge is -2.27. The summed E-state index contributed by atoms with van der Waals surface area (Å²) in [5, 5.41) is 0. The van der Waals surface area contributed by atoms with E-state index in [1.807, 2.05) is 24.3 Å². The molecule has 4 rings (SSSR count). The van der Waals surface area contributed by atoms with E-state index in [0.29, 0.717) is 42.3 Å². The Balaban J connectivity index is 1.51. The van der Waals surface area contributed by atoms with Crippen LogP contribution in [0.4, 0.5) is 0 Å². The second kappa shape index (κ2) is 11.0. The first-order valence-electron chi connectivity index (χ1n) is 12.5. The van der Waals surface area contributed by atoms with E-state index >= 15 is 0 Å². The zero-order valence-electron chi connectivity index (χ0n) is 19.7. The third-order valence-corrected chi connectivity index (χ3v) is 7.92. The molecule has 2 aliphatic carbocycles. The van der Waals surface area contributed by atoms with Gasteiger partial charge >= 0.3 is 0 Å². The van der Waals surface area contributed by atoms with Crippen LogP contribution in [0.25, 0.3) is 0 Å². The Morgan fingerprint density at radius 3 is 1.34 bits per heavy atom. The van der Waals surface area contributed by atoms with Gasteiger partial charge in [-0.15, -0.1) is 0 Å². The van der Waals surface area contributed by atoms with E-state index in [2.05, 4.69) is 24.3 Å². The largest absolute Gasteiger partial charge is 0.497 e. The van der Waals surface area contributed by atoms with E-state index in [4.69, 9.17) is 9.47 Å². The van der Waals surface area contributed by atoms with E-state index in [0.717, 1.165) is 11.5 Å². The minimum absolute atomic E-state index is 0.330. The number of hydrogen-bond donors (Lipinski definition) is 0. The minimum atomic E-state index is 0.330. The standard InChI is InChI=1S/C29H38O3/c1-31-26-15-11-23(12-16-26)28(21-7-3-4-8-21)19-25(30)20-29(22-9-5-6-10-22)24-13-17-27(32-2)18-14-24/h11-18,21-22,28-29H,3-10,19-20H2,1-2H3/t28-,29-/m0/s1. The van der Waals surface area contributed by atoms with Crippen LogP contribution in [0.15, 0.2) is 48.5 Å². The van der Waals surface area contributed by atoms with Crippen LogP contribution in [0, 0.1) is 11.8 Å². The second-order valence-electron chi connectivity index (χ2n) is 9.80. The van der Waals surface area contributed by atoms with Gasteiger partial charge in [-0.2, -0.15) is 0 Å². The molecule has 172 valence electrons. The van der Waals surface area contributed by atoms with Gasteiger partial charge in [-0.05, 0) is 84.7 Å². The quantitative estimate of drug-likeness (QED) is 0.393. The molecule has 3 nitrogen and oxygen atoms in total. The van der Waals surface area contributed by atoms with E-state index in [9.17, 15) is 4.79 Å². The monoisotopic (exact) mass is 434 g/mol. The highest BCUT2D eigenvalue weighted by atomic mass is 16.5. The van der Waals surface area contributed by atoms with Crippen molar-refractivity contribution in [3.05, 3.63) is 59.7 Å². The van der Waals surface area contributed by atoms with Gasteiger partial charge < -0.3 is 9.47 Å². The summed E-state index contributed by atoms with van der Waals surface area (Å²) >= 11 is 0. The van der Waals surface area contributed by atoms with Crippen LogP contribution in [0.3, 0.4) is 0 Å². The van der Waals surface area contributed by atoms with Crippen molar-refractivity contribution in [1.29, 1.82) is 0 Å². The van der Waals surface area contributed by atoms with Gasteiger partial charge in [0.05, 0.1) is 14.2 Å². The molecular formula is C29H38O3. The Bertz CT molecular complexity index is 771. The van der Waals surface area contributed by atoms with Crippen LogP contribution in [0.2, 0.25) is 0 Å². The fourth-order valence-electron chi connectivity index (χ4n) is 6.11. The molecule has 32 heavy (non-hydrogen) atoms. The summed E-state index contributed by atoms with van der Waals surface area (Å²) in [4.78, 5) is 13.5. The summed E-state index contributed by atoms with van der Waals surface area (Å²) in [5.74, 6) is 4.09. The van der Waals surface area contributed by atoms with E-state index < -0.39 is 0 Å². The predicted molar refractivity (Wildman–Crippen MR) is 130 cm³/mol. The molecule has 0 aliphatic heterocycles. The number of ketones is 1. The third kappa shape index (κ3) is 5.54. The summed E-state index contributed by atoms with van der Waals surface area (Å²) in [7, 11) is 3.41. The lowest BCUT2D eigenvalue weighted by molar-refractivity contribution is -0.120. The molecule has 0 radical (unpaired) electrons. The molecule has 2 aromatic rings. The highest BCUT2D eigenvalue weighted by Crippen LogP contribution is 2.43. The molecule has 0 saturated heterocycles. The average molecular weight is 435 g/mol. The summed E-state index contributed by atoms with van der Waals surface area (Å²) < 4.78 is 10.7. The number of benzene rings is 2. The first-order valence-corrected chi connectivity index (χ1v) is 12.5. The van der Waals surface area contributed by atoms with Gasteiger partial charge in [0.15, 0.2) is 0 Å². The molecular weight excluding hydrogens is 396 g/mol. The van der Waals surface area contributed by atoms with Crippen LogP contribution in [-0.4, -0.2) is 20.0 Å². The molecule has 0 spiro atoms. The van der Waals surface area contributed by atoms with Crippen molar-refractivity contribution in [2.45, 2.75) is 76.0 Å². The molecule has 0 amide bonds. The van der Waals surface area contributed by atoms with Crippen LogP contribution in [-0.2, 0) is 4.79 Å². The maximum absolute atomic E-state index is 13.5. The highest BCUT2D eigenvalue weighted by molar-refractivity contribution is 5.80. The van der Waals surface area contributed by atoms with Gasteiger partial charge in [0, 0.05) is 12.8 Å². The first kappa shape index (κ1) is 22.9. The van der Waals surface area contributed by atoms with Crippen molar-refractivity contribution in [3.8, 4) is 11.5 Å². The fourth-order valence-corrected chi connectivity index (χ4v) is 6.11. The highest BCUT2D eigenvalue weighted by Gasteiger charge is 2.32. The van der Waals surface area contributed by atoms with E-state index in [1.165, 1.54) is 62.5 Å². The summed E-state index contributed by atoms with van der Waals surface area (Å²) in [6.07, 6.45) is 11.5. The minimum Gasteiger partial charge on any atom is -0.497 e. The Labute approximate surface area is 193 Å². The molecule has 0 N–H and O–H groups in total. The summed E-state index contributed by atoms with van der Waals surface area (Å²) in [5.41, 5.74) is 2.60. The van der Waals surface area contributed by atoms with Crippen molar-refractivity contribution in [2.24, 2.45) is 11.8 Å². The maximum atomic E-state index is 13.5. The van der Waals surface area contributed by atoms with E-state index in [1.54, 1.807) is 14.2 Å². The van der Waals surface area contributed by atoms with Crippen molar-refractivity contribution < 1.29 is 14.3 Å². The van der Waals surface area contributed by atoms with Crippen LogP contribution in [0.1, 0.15) is 87.2 Å². The Hall–Kier alpha value is -2.29. The topological polar surface area (TPSA) is 35.5 Å². The third-order valence-electron chi connectivity index (χ3n) is 7.92. The normalized spacial score (nSPS) is 19.1. The van der Waals surface area contributed by atoms with Gasteiger partial charge in [-0.3, -0.25) is 4.79 Å². The molecule has 2 saturated carbocycles. The van der Waals surface area contributed by atoms with E-state index in [-0.39, 0.29) is 0 Å². The molecule has 3 heteroatoms. The Kier molecular flexibility index (Phi) is 7.89. The van der Waals surface area contributed by atoms with Crippen molar-refractivity contribution >= 4 is 5.78 Å². The molecule has 2 aromatic carbocycles. The lowest BCUT2D eigenvalue weighted by Crippen LogP contribution is -2.19. The number of carbonyl (C=O) groups is 1. The smallest absolute Gasteiger partial charge is 0.134 e. The molecule has 0 bridgehead atoms. The van der Waals surface area contributed by atoms with Gasteiger partial charge in [0.2, 0.25) is 0 Å². The van der Waals surface area contributed by atoms with Crippen molar-refractivity contribution in [1.82, 2.24) is 0 Å². The number of hydrogen-bond acceptors (Lipinski definition) is 3. The molecule has 0 heterocycles.